The molecule has 0 spiro atoms. The van der Waals surface area contributed by atoms with Crippen molar-refractivity contribution in [2.24, 2.45) is 5.92 Å². The Kier molecular flexibility index (Phi) is 5.25. The van der Waals surface area contributed by atoms with Gasteiger partial charge in [-0.25, -0.2) is 0 Å². The first-order chi connectivity index (χ1) is 7.65. The Morgan fingerprint density at radius 1 is 1.50 bits per heavy atom. The average molecular weight is 228 g/mol. The van der Waals surface area contributed by atoms with Crippen molar-refractivity contribution < 1.29 is 14.7 Å². The summed E-state index contributed by atoms with van der Waals surface area (Å²) in [6.07, 6.45) is 2.46. The van der Waals surface area contributed by atoms with Gasteiger partial charge in [-0.05, 0) is 25.8 Å². The van der Waals surface area contributed by atoms with Gasteiger partial charge in [0.2, 0.25) is 5.91 Å². The second-order valence-corrected chi connectivity index (χ2v) is 4.19. The van der Waals surface area contributed by atoms with Gasteiger partial charge >= 0.3 is 5.97 Å². The highest BCUT2D eigenvalue weighted by molar-refractivity contribution is 5.79. The molecule has 5 heteroatoms. The highest BCUT2D eigenvalue weighted by atomic mass is 16.4. The van der Waals surface area contributed by atoms with E-state index in [2.05, 4.69) is 5.32 Å². The number of nitrogens with one attached hydrogen (secondary N) is 1. The molecule has 0 radical (unpaired) electrons. The van der Waals surface area contributed by atoms with E-state index in [1.165, 1.54) is 0 Å². The molecule has 5 nitrogen and oxygen atoms in total. The zero-order valence-corrected chi connectivity index (χ0v) is 9.74. The first-order valence-electron chi connectivity index (χ1n) is 5.86. The maximum Gasteiger partial charge on any atom is 0.308 e. The number of rotatable bonds is 5. The zero-order chi connectivity index (χ0) is 12.0. The molecule has 1 fully saturated rings. The van der Waals surface area contributed by atoms with Crippen molar-refractivity contribution in [3.63, 3.8) is 0 Å². The van der Waals surface area contributed by atoms with Crippen molar-refractivity contribution in [3.05, 3.63) is 0 Å². The summed E-state index contributed by atoms with van der Waals surface area (Å²) in [7, 11) is 0. The van der Waals surface area contributed by atoms with E-state index in [0.29, 0.717) is 26.1 Å². The molecule has 1 rings (SSSR count). The van der Waals surface area contributed by atoms with Crippen molar-refractivity contribution in [3.8, 4) is 0 Å². The summed E-state index contributed by atoms with van der Waals surface area (Å²) in [6.45, 7) is 4.24. The van der Waals surface area contributed by atoms with Crippen LogP contribution in [0.2, 0.25) is 0 Å². The molecule has 92 valence electrons. The van der Waals surface area contributed by atoms with E-state index in [1.807, 2.05) is 6.92 Å². The summed E-state index contributed by atoms with van der Waals surface area (Å²) < 4.78 is 0. The van der Waals surface area contributed by atoms with Crippen LogP contribution in [0.5, 0.6) is 0 Å². The third-order valence-corrected chi connectivity index (χ3v) is 2.83. The van der Waals surface area contributed by atoms with E-state index in [9.17, 15) is 9.59 Å². The summed E-state index contributed by atoms with van der Waals surface area (Å²) in [5.74, 6) is -1.16. The van der Waals surface area contributed by atoms with E-state index in [-0.39, 0.29) is 11.8 Å². The largest absolute Gasteiger partial charge is 0.481 e. The molecule has 0 bridgehead atoms. The van der Waals surface area contributed by atoms with Crippen LogP contribution in [-0.2, 0) is 9.59 Å². The lowest BCUT2D eigenvalue weighted by Crippen LogP contribution is -2.45. The molecule has 2 N–H and O–H groups in total. The summed E-state index contributed by atoms with van der Waals surface area (Å²) in [5.41, 5.74) is 0. The SMILES string of the molecule is CCCNCC(=O)N1CCCC(C(=O)O)C1. The van der Waals surface area contributed by atoms with Crippen LogP contribution in [0.25, 0.3) is 0 Å². The van der Waals surface area contributed by atoms with E-state index >= 15 is 0 Å². The normalized spacial score (nSPS) is 20.8. The fourth-order valence-electron chi connectivity index (χ4n) is 1.89. The summed E-state index contributed by atoms with van der Waals surface area (Å²) in [4.78, 5) is 24.2. The molecule has 1 heterocycles. The van der Waals surface area contributed by atoms with Crippen molar-refractivity contribution in [2.45, 2.75) is 26.2 Å². The van der Waals surface area contributed by atoms with Gasteiger partial charge in [-0.3, -0.25) is 9.59 Å². The third kappa shape index (κ3) is 3.81. The third-order valence-electron chi connectivity index (χ3n) is 2.83. The maximum atomic E-state index is 11.7. The number of carbonyl (C=O) groups is 2. The predicted molar refractivity (Wildman–Crippen MR) is 60.1 cm³/mol. The summed E-state index contributed by atoms with van der Waals surface area (Å²) in [5, 5.41) is 11.9. The van der Waals surface area contributed by atoms with Crippen LogP contribution in [0.3, 0.4) is 0 Å². The number of carboxylic acid groups (broad SMARTS) is 1. The first-order valence-corrected chi connectivity index (χ1v) is 5.86. The van der Waals surface area contributed by atoms with Gasteiger partial charge in [0.15, 0.2) is 0 Å². The number of hydrogen-bond donors (Lipinski definition) is 2. The number of amides is 1. The molecular weight excluding hydrogens is 208 g/mol. The second-order valence-electron chi connectivity index (χ2n) is 4.19. The summed E-state index contributed by atoms with van der Waals surface area (Å²) >= 11 is 0. The number of carboxylic acids is 1. The van der Waals surface area contributed by atoms with E-state index < -0.39 is 5.97 Å². The molecule has 0 aliphatic carbocycles. The minimum atomic E-state index is -0.793. The molecule has 0 aromatic heterocycles. The molecule has 0 aromatic rings. The topological polar surface area (TPSA) is 69.6 Å². The number of hydrogen-bond acceptors (Lipinski definition) is 3. The highest BCUT2D eigenvalue weighted by Gasteiger charge is 2.27. The fourth-order valence-corrected chi connectivity index (χ4v) is 1.89. The molecule has 1 atom stereocenters. The van der Waals surface area contributed by atoms with Gasteiger partial charge in [0.1, 0.15) is 0 Å². The Morgan fingerprint density at radius 2 is 2.25 bits per heavy atom. The Labute approximate surface area is 95.8 Å². The van der Waals surface area contributed by atoms with Crippen molar-refractivity contribution in [1.82, 2.24) is 10.2 Å². The van der Waals surface area contributed by atoms with Crippen molar-refractivity contribution in [2.75, 3.05) is 26.2 Å². The molecular formula is C11H20N2O3. The lowest BCUT2D eigenvalue weighted by molar-refractivity contribution is -0.145. The quantitative estimate of drug-likeness (QED) is 0.664. The van der Waals surface area contributed by atoms with Crippen LogP contribution in [0, 0.1) is 5.92 Å². The molecule has 1 unspecified atom stereocenters. The van der Waals surface area contributed by atoms with Crippen LogP contribution in [-0.4, -0.2) is 48.1 Å². The minimum Gasteiger partial charge on any atom is -0.481 e. The highest BCUT2D eigenvalue weighted by Crippen LogP contribution is 2.16. The monoisotopic (exact) mass is 228 g/mol. The Balaban J connectivity index is 2.35. The van der Waals surface area contributed by atoms with Gasteiger partial charge in [0.05, 0.1) is 12.5 Å². The minimum absolute atomic E-state index is 0.0133. The standard InChI is InChI=1S/C11H20N2O3/c1-2-5-12-7-10(14)13-6-3-4-9(8-13)11(15)16/h9,12H,2-8H2,1H3,(H,15,16). The van der Waals surface area contributed by atoms with Crippen LogP contribution < -0.4 is 5.32 Å². The number of carbonyl (C=O) groups excluding carboxylic acids is 1. The van der Waals surface area contributed by atoms with Gasteiger partial charge in [0.25, 0.3) is 0 Å². The Bertz CT molecular complexity index is 256. The molecule has 1 aliphatic rings. The van der Waals surface area contributed by atoms with Gasteiger partial charge in [0, 0.05) is 13.1 Å². The zero-order valence-electron chi connectivity index (χ0n) is 9.74. The van der Waals surface area contributed by atoms with Crippen LogP contribution >= 0.6 is 0 Å². The predicted octanol–water partition coefficient (Wildman–Crippen LogP) is 0.309. The van der Waals surface area contributed by atoms with Crippen LogP contribution in [0.4, 0.5) is 0 Å². The molecule has 0 saturated carbocycles. The molecule has 16 heavy (non-hydrogen) atoms. The number of piperidine rings is 1. The van der Waals surface area contributed by atoms with E-state index in [1.54, 1.807) is 4.90 Å². The molecule has 1 aliphatic heterocycles. The molecule has 0 aromatic carbocycles. The summed E-state index contributed by atoms with van der Waals surface area (Å²) in [6, 6.07) is 0. The molecule has 1 saturated heterocycles. The van der Waals surface area contributed by atoms with Crippen molar-refractivity contribution in [1.29, 1.82) is 0 Å². The molecule has 1 amide bonds. The maximum absolute atomic E-state index is 11.7. The lowest BCUT2D eigenvalue weighted by atomic mass is 9.98. The Hall–Kier alpha value is -1.10. The van der Waals surface area contributed by atoms with E-state index in [4.69, 9.17) is 5.11 Å². The van der Waals surface area contributed by atoms with E-state index in [0.717, 1.165) is 19.4 Å². The van der Waals surface area contributed by atoms with Crippen molar-refractivity contribution >= 4 is 11.9 Å². The van der Waals surface area contributed by atoms with Gasteiger partial charge < -0.3 is 15.3 Å². The number of likely N-dealkylation sites (tertiary alicyclic amines) is 1. The van der Waals surface area contributed by atoms with Crippen LogP contribution in [0.1, 0.15) is 26.2 Å². The fraction of sp³-hybridized carbons (Fsp3) is 0.818. The Morgan fingerprint density at radius 3 is 2.88 bits per heavy atom. The first kappa shape index (κ1) is 13.0. The smallest absolute Gasteiger partial charge is 0.308 e. The van der Waals surface area contributed by atoms with Gasteiger partial charge in [-0.2, -0.15) is 0 Å². The van der Waals surface area contributed by atoms with Gasteiger partial charge in [-0.15, -0.1) is 0 Å². The second kappa shape index (κ2) is 6.48. The average Bonchev–Trinajstić information content (AvgIpc) is 2.29. The van der Waals surface area contributed by atoms with Gasteiger partial charge in [-0.1, -0.05) is 6.92 Å². The number of nitrogens with zero attached hydrogens (tertiary/aromatic N) is 1. The van der Waals surface area contributed by atoms with Crippen LogP contribution in [0.15, 0.2) is 0 Å². The number of aliphatic carboxylic acids is 1. The lowest BCUT2D eigenvalue weighted by Gasteiger charge is -2.30.